The second kappa shape index (κ2) is 3.85. The van der Waals surface area contributed by atoms with E-state index in [0.717, 1.165) is 5.69 Å². The molecule has 0 spiro atoms. The summed E-state index contributed by atoms with van der Waals surface area (Å²) in [5, 5.41) is 0. The molecule has 3 nitrogen and oxygen atoms in total. The van der Waals surface area contributed by atoms with Crippen LogP contribution < -0.4 is 4.90 Å². The maximum absolute atomic E-state index is 11.4. The molecule has 1 aromatic rings. The zero-order chi connectivity index (χ0) is 9.84. The fourth-order valence-electron chi connectivity index (χ4n) is 1.08. The monoisotopic (exact) mass is 176 g/mol. The molecule has 3 heteroatoms. The molecule has 0 aromatic carbocycles. The molecule has 0 saturated heterocycles. The summed E-state index contributed by atoms with van der Waals surface area (Å²) in [5.41, 5.74) is 1.45. The summed E-state index contributed by atoms with van der Waals surface area (Å²) in [5.74, 6) is -0.100. The number of carbonyl (C=O) groups is 1. The van der Waals surface area contributed by atoms with Crippen LogP contribution in [0.5, 0.6) is 0 Å². The number of ketones is 1. The number of carbonyl (C=O) groups excluding carboxylic acids is 1. The zero-order valence-electron chi connectivity index (χ0n) is 7.82. The molecule has 1 rings (SSSR count). The Morgan fingerprint density at radius 2 is 2.31 bits per heavy atom. The molecule has 0 N–H and O–H groups in total. The van der Waals surface area contributed by atoms with Crippen molar-refractivity contribution in [2.24, 2.45) is 0 Å². The van der Waals surface area contributed by atoms with Crippen LogP contribution in [0, 0.1) is 0 Å². The first-order chi connectivity index (χ1) is 6.16. The molecule has 13 heavy (non-hydrogen) atoms. The Morgan fingerprint density at radius 1 is 1.62 bits per heavy atom. The molecule has 0 radical (unpaired) electrons. The lowest BCUT2D eigenvalue weighted by Crippen LogP contribution is -2.13. The van der Waals surface area contributed by atoms with Crippen molar-refractivity contribution < 1.29 is 4.79 Å². The van der Waals surface area contributed by atoms with Gasteiger partial charge >= 0.3 is 0 Å². The van der Waals surface area contributed by atoms with Crippen LogP contribution in [0.3, 0.4) is 0 Å². The minimum atomic E-state index is -0.100. The average Bonchev–Trinajstić information content (AvgIpc) is 2.16. The Balaban J connectivity index is 3.19. The van der Waals surface area contributed by atoms with Crippen LogP contribution in [0.2, 0.25) is 0 Å². The molecule has 0 unspecified atom stereocenters. The molecule has 0 aliphatic heterocycles. The highest BCUT2D eigenvalue weighted by Gasteiger charge is 2.08. The number of hydrogen-bond donors (Lipinski definition) is 0. The first-order valence-electron chi connectivity index (χ1n) is 3.95. The predicted octanol–water partition coefficient (Wildman–Crippen LogP) is 1.52. The Morgan fingerprint density at radius 3 is 2.85 bits per heavy atom. The molecule has 0 fully saturated rings. The standard InChI is InChI=1S/C10H12N2O/c1-4-10(13)8-7-11-6-5-9(8)12(2)3/h4-7H,1H2,2-3H3. The van der Waals surface area contributed by atoms with Crippen molar-refractivity contribution in [1.82, 2.24) is 4.98 Å². The number of nitrogens with zero attached hydrogens (tertiary/aromatic N) is 2. The number of anilines is 1. The third-order valence-corrected chi connectivity index (χ3v) is 1.73. The fraction of sp³-hybridized carbons (Fsp3) is 0.200. The van der Waals surface area contributed by atoms with Crippen LogP contribution in [-0.2, 0) is 0 Å². The van der Waals surface area contributed by atoms with E-state index in [9.17, 15) is 4.79 Å². The van der Waals surface area contributed by atoms with Gasteiger partial charge in [-0.1, -0.05) is 6.58 Å². The first-order valence-corrected chi connectivity index (χ1v) is 3.95. The van der Waals surface area contributed by atoms with Gasteiger partial charge in [-0.3, -0.25) is 9.78 Å². The zero-order valence-corrected chi connectivity index (χ0v) is 7.82. The van der Waals surface area contributed by atoms with Gasteiger partial charge in [-0.2, -0.15) is 0 Å². The van der Waals surface area contributed by atoms with E-state index < -0.39 is 0 Å². The molecule has 1 aromatic heterocycles. The predicted molar refractivity (Wildman–Crippen MR) is 53.1 cm³/mol. The largest absolute Gasteiger partial charge is 0.377 e. The van der Waals surface area contributed by atoms with E-state index in [4.69, 9.17) is 0 Å². The van der Waals surface area contributed by atoms with Crippen molar-refractivity contribution in [3.05, 3.63) is 36.7 Å². The molecule has 0 atom stereocenters. The van der Waals surface area contributed by atoms with Gasteiger partial charge in [0.25, 0.3) is 0 Å². The van der Waals surface area contributed by atoms with Crippen LogP contribution in [0.4, 0.5) is 5.69 Å². The van der Waals surface area contributed by atoms with Gasteiger partial charge in [0.2, 0.25) is 0 Å². The third-order valence-electron chi connectivity index (χ3n) is 1.73. The Kier molecular flexibility index (Phi) is 2.80. The second-order valence-corrected chi connectivity index (χ2v) is 2.86. The number of aromatic nitrogens is 1. The van der Waals surface area contributed by atoms with E-state index >= 15 is 0 Å². The van der Waals surface area contributed by atoms with Crippen molar-refractivity contribution in [3.8, 4) is 0 Å². The molecule has 68 valence electrons. The van der Waals surface area contributed by atoms with E-state index in [0.29, 0.717) is 5.56 Å². The van der Waals surface area contributed by atoms with E-state index in [2.05, 4.69) is 11.6 Å². The third kappa shape index (κ3) is 1.93. The average molecular weight is 176 g/mol. The minimum Gasteiger partial charge on any atom is -0.377 e. The Labute approximate surface area is 77.7 Å². The van der Waals surface area contributed by atoms with Crippen LogP contribution >= 0.6 is 0 Å². The van der Waals surface area contributed by atoms with Gasteiger partial charge < -0.3 is 4.90 Å². The first kappa shape index (κ1) is 9.45. The van der Waals surface area contributed by atoms with Gasteiger partial charge in [0, 0.05) is 26.5 Å². The van der Waals surface area contributed by atoms with E-state index in [1.807, 2.05) is 19.0 Å². The quantitative estimate of drug-likeness (QED) is 0.517. The van der Waals surface area contributed by atoms with E-state index in [1.165, 1.54) is 6.08 Å². The van der Waals surface area contributed by atoms with Gasteiger partial charge in [0.05, 0.1) is 11.3 Å². The highest BCUT2D eigenvalue weighted by atomic mass is 16.1. The minimum absolute atomic E-state index is 0.100. The van der Waals surface area contributed by atoms with E-state index in [1.54, 1.807) is 18.5 Å². The lowest BCUT2D eigenvalue weighted by atomic mass is 10.1. The lowest BCUT2D eigenvalue weighted by molar-refractivity contribution is 0.104. The van der Waals surface area contributed by atoms with Gasteiger partial charge in [0.1, 0.15) is 0 Å². The molecule has 0 amide bonds. The van der Waals surface area contributed by atoms with Crippen molar-refractivity contribution in [2.75, 3.05) is 19.0 Å². The molecular weight excluding hydrogens is 164 g/mol. The number of rotatable bonds is 3. The molecule has 0 saturated carbocycles. The SMILES string of the molecule is C=CC(=O)c1cnccc1N(C)C. The van der Waals surface area contributed by atoms with Crippen molar-refractivity contribution in [3.63, 3.8) is 0 Å². The summed E-state index contributed by atoms with van der Waals surface area (Å²) in [7, 11) is 3.77. The molecule has 1 heterocycles. The lowest BCUT2D eigenvalue weighted by Gasteiger charge is -2.14. The van der Waals surface area contributed by atoms with Crippen LogP contribution in [0.15, 0.2) is 31.1 Å². The summed E-state index contributed by atoms with van der Waals surface area (Å²) < 4.78 is 0. The van der Waals surface area contributed by atoms with Crippen LogP contribution in [0.1, 0.15) is 10.4 Å². The smallest absolute Gasteiger partial charge is 0.188 e. The number of hydrogen-bond acceptors (Lipinski definition) is 3. The maximum atomic E-state index is 11.4. The molecule has 0 aliphatic carbocycles. The molecule has 0 aliphatic rings. The summed E-state index contributed by atoms with van der Waals surface area (Å²) in [4.78, 5) is 17.1. The second-order valence-electron chi connectivity index (χ2n) is 2.86. The van der Waals surface area contributed by atoms with Crippen LogP contribution in [-0.4, -0.2) is 24.9 Å². The van der Waals surface area contributed by atoms with Crippen molar-refractivity contribution in [2.45, 2.75) is 0 Å². The number of allylic oxidation sites excluding steroid dienone is 1. The highest BCUT2D eigenvalue weighted by Crippen LogP contribution is 2.16. The van der Waals surface area contributed by atoms with Gasteiger partial charge in [-0.25, -0.2) is 0 Å². The summed E-state index contributed by atoms with van der Waals surface area (Å²) in [6.07, 6.45) is 4.51. The number of pyridine rings is 1. The summed E-state index contributed by atoms with van der Waals surface area (Å²) in [6, 6.07) is 1.80. The summed E-state index contributed by atoms with van der Waals surface area (Å²) in [6.45, 7) is 3.44. The molecule has 0 bridgehead atoms. The maximum Gasteiger partial charge on any atom is 0.188 e. The topological polar surface area (TPSA) is 33.2 Å². The Bertz CT molecular complexity index is 331. The van der Waals surface area contributed by atoms with Gasteiger partial charge in [0.15, 0.2) is 5.78 Å². The fourth-order valence-corrected chi connectivity index (χ4v) is 1.08. The highest BCUT2D eigenvalue weighted by molar-refractivity contribution is 6.07. The Hall–Kier alpha value is -1.64. The molecular formula is C10H12N2O. The van der Waals surface area contributed by atoms with Crippen LogP contribution in [0.25, 0.3) is 0 Å². The van der Waals surface area contributed by atoms with Gasteiger partial charge in [-0.05, 0) is 12.1 Å². The van der Waals surface area contributed by atoms with Gasteiger partial charge in [-0.15, -0.1) is 0 Å². The summed E-state index contributed by atoms with van der Waals surface area (Å²) >= 11 is 0. The normalized spacial score (nSPS) is 9.38. The van der Waals surface area contributed by atoms with E-state index in [-0.39, 0.29) is 5.78 Å². The van der Waals surface area contributed by atoms with Crippen molar-refractivity contribution in [1.29, 1.82) is 0 Å². The van der Waals surface area contributed by atoms with Crippen molar-refractivity contribution >= 4 is 11.5 Å².